The Balaban J connectivity index is 2.72. The van der Waals surface area contributed by atoms with E-state index in [1.54, 1.807) is 0 Å². The highest BCUT2D eigenvalue weighted by molar-refractivity contribution is 7.46. The first-order valence-corrected chi connectivity index (χ1v) is 5.54. The number of terminal acetylenes is 1. The van der Waals surface area contributed by atoms with Gasteiger partial charge in [-0.2, -0.15) is 0 Å². The van der Waals surface area contributed by atoms with Crippen LogP contribution in [0.3, 0.4) is 0 Å². The highest BCUT2D eigenvalue weighted by Crippen LogP contribution is 2.42. The molecule has 0 aromatic rings. The van der Waals surface area contributed by atoms with E-state index in [9.17, 15) is 9.67 Å². The minimum Gasteiger partial charge on any atom is -0.392 e. The number of aliphatic hydroxyl groups is 2. The second kappa shape index (κ2) is 4.20. The molecule has 8 heteroatoms. The molecule has 1 saturated heterocycles. The molecule has 0 amide bonds. The summed E-state index contributed by atoms with van der Waals surface area (Å²) in [6, 6.07) is 0. The first kappa shape index (κ1) is 12.6. The molecule has 1 aliphatic heterocycles. The van der Waals surface area contributed by atoms with E-state index in [-0.39, 0.29) is 6.42 Å². The lowest BCUT2D eigenvalue weighted by atomic mass is 9.99. The van der Waals surface area contributed by atoms with Crippen molar-refractivity contribution in [2.24, 2.45) is 0 Å². The molecule has 1 heterocycles. The Bertz CT molecular complexity index is 318. The molecule has 3 atom stereocenters. The van der Waals surface area contributed by atoms with E-state index in [2.05, 4.69) is 4.52 Å². The highest BCUT2D eigenvalue weighted by atomic mass is 31.2. The number of phosphoric ester groups is 1. The van der Waals surface area contributed by atoms with E-state index < -0.39 is 32.4 Å². The first-order chi connectivity index (χ1) is 6.83. The second-order valence-electron chi connectivity index (χ2n) is 3.09. The molecule has 0 unspecified atom stereocenters. The van der Waals surface area contributed by atoms with Gasteiger partial charge >= 0.3 is 7.82 Å². The molecule has 0 spiro atoms. The lowest BCUT2D eigenvalue weighted by molar-refractivity contribution is -0.134. The molecule has 0 aromatic heterocycles. The van der Waals surface area contributed by atoms with Crippen molar-refractivity contribution in [3.05, 3.63) is 0 Å². The average Bonchev–Trinajstić information content (AvgIpc) is 2.40. The molecule has 86 valence electrons. The molecular formula is C7H11O7P. The first-order valence-electron chi connectivity index (χ1n) is 4.01. The summed E-state index contributed by atoms with van der Waals surface area (Å²) >= 11 is 0. The van der Waals surface area contributed by atoms with E-state index in [4.69, 9.17) is 26.1 Å². The van der Waals surface area contributed by atoms with Crippen LogP contribution in [-0.2, 0) is 13.8 Å². The average molecular weight is 238 g/mol. The van der Waals surface area contributed by atoms with Gasteiger partial charge in [-0.1, -0.05) is 5.92 Å². The van der Waals surface area contributed by atoms with Crippen LogP contribution in [0.5, 0.6) is 0 Å². The van der Waals surface area contributed by atoms with Crippen LogP contribution in [0.4, 0.5) is 0 Å². The Morgan fingerprint density at radius 1 is 1.67 bits per heavy atom. The van der Waals surface area contributed by atoms with Crippen molar-refractivity contribution in [3.63, 3.8) is 0 Å². The van der Waals surface area contributed by atoms with Crippen molar-refractivity contribution in [1.82, 2.24) is 0 Å². The summed E-state index contributed by atoms with van der Waals surface area (Å²) in [7, 11) is -4.71. The minimum absolute atomic E-state index is 0.212. The summed E-state index contributed by atoms with van der Waals surface area (Å²) in [5.41, 5.74) is -1.65. The maximum atomic E-state index is 10.5. The summed E-state index contributed by atoms with van der Waals surface area (Å²) in [4.78, 5) is 17.0. The van der Waals surface area contributed by atoms with E-state index >= 15 is 0 Å². The summed E-state index contributed by atoms with van der Waals surface area (Å²) in [6.07, 6.45) is 2.28. The summed E-state index contributed by atoms with van der Waals surface area (Å²) in [6.45, 7) is -0.661. The van der Waals surface area contributed by atoms with Gasteiger partial charge in [-0.3, -0.25) is 4.52 Å². The SMILES string of the molecule is C#C[C@]1(CO)O[C@H](OP(=O)(O)O)C[C@@H]1O. The van der Waals surface area contributed by atoms with Gasteiger partial charge in [0.2, 0.25) is 0 Å². The topological polar surface area (TPSA) is 116 Å². The molecule has 0 aromatic carbocycles. The lowest BCUT2D eigenvalue weighted by Gasteiger charge is -2.23. The predicted octanol–water partition coefficient (Wildman–Crippen LogP) is -1.43. The van der Waals surface area contributed by atoms with Gasteiger partial charge in [0.25, 0.3) is 0 Å². The molecule has 0 radical (unpaired) electrons. The summed E-state index contributed by atoms with van der Waals surface area (Å²) in [5.74, 6) is 2.04. The number of hydrogen-bond acceptors (Lipinski definition) is 5. The van der Waals surface area contributed by atoms with Crippen LogP contribution < -0.4 is 0 Å². The smallest absolute Gasteiger partial charge is 0.392 e. The van der Waals surface area contributed by atoms with Gasteiger partial charge in [-0.15, -0.1) is 6.42 Å². The zero-order chi connectivity index (χ0) is 11.7. The monoisotopic (exact) mass is 238 g/mol. The normalized spacial score (nSPS) is 36.5. The summed E-state index contributed by atoms with van der Waals surface area (Å²) in [5, 5.41) is 18.4. The van der Waals surface area contributed by atoms with Crippen LogP contribution in [0.1, 0.15) is 6.42 Å². The van der Waals surface area contributed by atoms with Crippen LogP contribution in [0.2, 0.25) is 0 Å². The minimum atomic E-state index is -4.71. The van der Waals surface area contributed by atoms with Gasteiger partial charge in [0.1, 0.15) is 6.10 Å². The number of aliphatic hydroxyl groups excluding tert-OH is 2. The molecule has 1 aliphatic rings. The standard InChI is InChI=1S/C7H11O7P/c1-2-7(4-8)5(9)3-6(13-7)14-15(10,11)12/h1,5-6,8-9H,3-4H2,(H2,10,11,12)/t5-,6+,7+/m0/s1. The van der Waals surface area contributed by atoms with Crippen LogP contribution in [0, 0.1) is 12.3 Å². The lowest BCUT2D eigenvalue weighted by Crippen LogP contribution is -2.41. The number of ether oxygens (including phenoxy) is 1. The molecule has 15 heavy (non-hydrogen) atoms. The largest absolute Gasteiger partial charge is 0.471 e. The molecule has 0 saturated carbocycles. The van der Waals surface area contributed by atoms with Crippen molar-refractivity contribution in [2.75, 3.05) is 6.61 Å². The number of rotatable bonds is 3. The third-order valence-corrected chi connectivity index (χ3v) is 2.54. The molecular weight excluding hydrogens is 227 g/mol. The van der Waals surface area contributed by atoms with Crippen molar-refractivity contribution < 1.29 is 33.8 Å². The zero-order valence-corrected chi connectivity index (χ0v) is 8.50. The van der Waals surface area contributed by atoms with Gasteiger partial charge in [0.05, 0.1) is 6.61 Å². The Labute approximate surface area is 85.9 Å². The zero-order valence-electron chi connectivity index (χ0n) is 7.61. The second-order valence-corrected chi connectivity index (χ2v) is 4.28. The molecule has 4 N–H and O–H groups in total. The van der Waals surface area contributed by atoms with Crippen LogP contribution in [0.25, 0.3) is 0 Å². The van der Waals surface area contributed by atoms with Crippen LogP contribution in [-0.4, -0.2) is 44.6 Å². The maximum absolute atomic E-state index is 10.5. The van der Waals surface area contributed by atoms with Crippen molar-refractivity contribution in [3.8, 4) is 12.3 Å². The Hall–Kier alpha value is -0.450. The van der Waals surface area contributed by atoms with Crippen LogP contribution in [0.15, 0.2) is 0 Å². The van der Waals surface area contributed by atoms with Gasteiger partial charge in [0, 0.05) is 6.42 Å². The molecule has 1 rings (SSSR count). The fraction of sp³-hybridized carbons (Fsp3) is 0.714. The highest BCUT2D eigenvalue weighted by Gasteiger charge is 2.48. The Morgan fingerprint density at radius 2 is 2.27 bits per heavy atom. The number of phosphoric acid groups is 1. The van der Waals surface area contributed by atoms with Crippen LogP contribution >= 0.6 is 7.82 Å². The fourth-order valence-corrected chi connectivity index (χ4v) is 1.71. The van der Waals surface area contributed by atoms with E-state index in [1.165, 1.54) is 0 Å². The molecule has 0 aliphatic carbocycles. The van der Waals surface area contributed by atoms with Gasteiger partial charge in [-0.05, 0) is 0 Å². The van der Waals surface area contributed by atoms with E-state index in [0.29, 0.717) is 0 Å². The fourth-order valence-electron chi connectivity index (χ4n) is 1.27. The van der Waals surface area contributed by atoms with Crippen molar-refractivity contribution in [1.29, 1.82) is 0 Å². The third-order valence-electron chi connectivity index (χ3n) is 2.03. The summed E-state index contributed by atoms with van der Waals surface area (Å²) < 4.78 is 19.6. The Kier molecular flexibility index (Phi) is 3.53. The number of hydrogen-bond donors (Lipinski definition) is 4. The maximum Gasteiger partial charge on any atom is 0.471 e. The Morgan fingerprint density at radius 3 is 2.60 bits per heavy atom. The van der Waals surface area contributed by atoms with Crippen molar-refractivity contribution >= 4 is 7.82 Å². The van der Waals surface area contributed by atoms with E-state index in [0.717, 1.165) is 0 Å². The molecule has 7 nitrogen and oxygen atoms in total. The predicted molar refractivity (Wildman–Crippen MR) is 47.3 cm³/mol. The van der Waals surface area contributed by atoms with Gasteiger partial charge in [0.15, 0.2) is 11.9 Å². The van der Waals surface area contributed by atoms with Gasteiger partial charge < -0.3 is 24.7 Å². The molecule has 0 bridgehead atoms. The van der Waals surface area contributed by atoms with Gasteiger partial charge in [-0.25, -0.2) is 4.57 Å². The van der Waals surface area contributed by atoms with Crippen molar-refractivity contribution in [2.45, 2.75) is 24.4 Å². The quantitative estimate of drug-likeness (QED) is 0.351. The molecule has 1 fully saturated rings. The third kappa shape index (κ3) is 2.77. The van der Waals surface area contributed by atoms with E-state index in [1.807, 2.05) is 5.92 Å².